The van der Waals surface area contributed by atoms with Crippen LogP contribution in [0.15, 0.2) is 60.9 Å². The first-order valence-electron chi connectivity index (χ1n) is 14.7. The molecule has 0 aliphatic rings. The molecule has 6 heteroatoms. The van der Waals surface area contributed by atoms with E-state index in [9.17, 15) is 9.59 Å². The third kappa shape index (κ3) is 7.98. The summed E-state index contributed by atoms with van der Waals surface area (Å²) in [7, 11) is 0. The summed E-state index contributed by atoms with van der Waals surface area (Å²) in [6, 6.07) is 15.6. The molecule has 0 aliphatic heterocycles. The predicted octanol–water partition coefficient (Wildman–Crippen LogP) is 6.81. The Morgan fingerprint density at radius 2 is 1.26 bits per heavy atom. The third-order valence-corrected chi connectivity index (χ3v) is 7.71. The summed E-state index contributed by atoms with van der Waals surface area (Å²) in [5.74, 6) is -0.488. The zero-order valence-electron chi connectivity index (χ0n) is 23.5. The van der Waals surface area contributed by atoms with Gasteiger partial charge in [0.15, 0.2) is 0 Å². The van der Waals surface area contributed by atoms with Crippen LogP contribution in [0.4, 0.5) is 0 Å². The van der Waals surface area contributed by atoms with Gasteiger partial charge in [0.25, 0.3) is 0 Å². The van der Waals surface area contributed by atoms with Gasteiger partial charge in [0.05, 0.1) is 0 Å². The van der Waals surface area contributed by atoms with Crippen molar-refractivity contribution in [3.05, 3.63) is 72.1 Å². The summed E-state index contributed by atoms with van der Waals surface area (Å²) >= 11 is 0. The van der Waals surface area contributed by atoms with Crippen LogP contribution in [0.3, 0.4) is 0 Å². The molecule has 2 atom stereocenters. The van der Waals surface area contributed by atoms with E-state index in [1.54, 1.807) is 0 Å². The van der Waals surface area contributed by atoms with Gasteiger partial charge >= 0.3 is 0 Å². The Morgan fingerprint density at radius 3 is 1.87 bits per heavy atom. The van der Waals surface area contributed by atoms with E-state index >= 15 is 0 Å². The maximum Gasteiger partial charge on any atom is 0.242 e. The molecule has 0 spiro atoms. The minimum atomic E-state index is -0.629. The summed E-state index contributed by atoms with van der Waals surface area (Å²) in [6.07, 6.45) is 14.7. The molecule has 0 saturated heterocycles. The fraction of sp³-hybridized carbons (Fsp3) is 0.455. The number of carbonyl (C=O) groups excluding carboxylic acids is 2. The fourth-order valence-electron chi connectivity index (χ4n) is 5.36. The summed E-state index contributed by atoms with van der Waals surface area (Å²) in [5, 5.41) is 8.40. The second-order valence-electron chi connectivity index (χ2n) is 10.9. The van der Waals surface area contributed by atoms with Crippen molar-refractivity contribution < 1.29 is 9.59 Å². The number of unbranched alkanes of at least 4 members (excludes halogenated alkanes) is 7. The van der Waals surface area contributed by atoms with Crippen molar-refractivity contribution in [2.24, 2.45) is 5.92 Å². The molecule has 4 N–H and O–H groups in total. The highest BCUT2D eigenvalue weighted by Gasteiger charge is 2.25. The number of amides is 2. The van der Waals surface area contributed by atoms with Crippen LogP contribution in [0.5, 0.6) is 0 Å². The van der Waals surface area contributed by atoms with E-state index in [1.165, 1.54) is 38.5 Å². The first-order chi connectivity index (χ1) is 19.1. The number of para-hydroxylation sites is 2. The molecular formula is C33H44N4O2. The first-order valence-corrected chi connectivity index (χ1v) is 14.7. The standard InChI is InChI=1S/C33H44N4O2/c1-3-4-5-6-7-8-9-14-19-34-33(39)31(21-26-23-36-30-18-13-11-16-28(26)30)37-32(38)24(2)20-25-22-35-29-17-12-10-15-27(25)29/h10-13,15-18,22-24,31,35-36H,3-9,14,19-21H2,1-2H3,(H,34,39)(H,37,38)/t24-,31-/m0/s1. The van der Waals surface area contributed by atoms with Crippen LogP contribution < -0.4 is 10.6 Å². The number of nitrogens with one attached hydrogen (secondary N) is 4. The van der Waals surface area contributed by atoms with E-state index in [-0.39, 0.29) is 17.7 Å². The van der Waals surface area contributed by atoms with Crippen LogP contribution in [-0.2, 0) is 22.4 Å². The molecule has 0 bridgehead atoms. The number of aromatic amines is 2. The molecule has 2 heterocycles. The van der Waals surface area contributed by atoms with Gasteiger partial charge in [-0.15, -0.1) is 0 Å². The average molecular weight is 529 g/mol. The second-order valence-corrected chi connectivity index (χ2v) is 10.9. The van der Waals surface area contributed by atoms with Gasteiger partial charge < -0.3 is 20.6 Å². The van der Waals surface area contributed by atoms with Crippen molar-refractivity contribution in [3.63, 3.8) is 0 Å². The maximum atomic E-state index is 13.3. The van der Waals surface area contributed by atoms with Crippen LogP contribution >= 0.6 is 0 Å². The smallest absolute Gasteiger partial charge is 0.242 e. The summed E-state index contributed by atoms with van der Waals surface area (Å²) < 4.78 is 0. The third-order valence-electron chi connectivity index (χ3n) is 7.71. The van der Waals surface area contributed by atoms with Gasteiger partial charge in [-0.1, -0.05) is 95.2 Å². The van der Waals surface area contributed by atoms with Crippen LogP contribution in [0.1, 0.15) is 76.3 Å². The molecule has 2 aromatic carbocycles. The van der Waals surface area contributed by atoms with Gasteiger partial charge in [-0.2, -0.15) is 0 Å². The number of rotatable bonds is 16. The van der Waals surface area contributed by atoms with Gasteiger partial charge in [0.2, 0.25) is 11.8 Å². The molecule has 6 nitrogen and oxygen atoms in total. The molecule has 39 heavy (non-hydrogen) atoms. The van der Waals surface area contributed by atoms with E-state index < -0.39 is 6.04 Å². The van der Waals surface area contributed by atoms with Crippen LogP contribution in [0, 0.1) is 5.92 Å². The Kier molecular flexibility index (Phi) is 10.6. The van der Waals surface area contributed by atoms with Gasteiger partial charge in [-0.3, -0.25) is 9.59 Å². The summed E-state index contributed by atoms with van der Waals surface area (Å²) in [5.41, 5.74) is 4.24. The predicted molar refractivity (Wildman–Crippen MR) is 161 cm³/mol. The lowest BCUT2D eigenvalue weighted by atomic mass is 9.98. The number of fused-ring (bicyclic) bond motifs is 2. The minimum Gasteiger partial charge on any atom is -0.361 e. The molecule has 0 radical (unpaired) electrons. The highest BCUT2D eigenvalue weighted by atomic mass is 16.2. The normalized spacial score (nSPS) is 13.0. The average Bonchev–Trinajstić information content (AvgIpc) is 3.55. The molecule has 0 saturated carbocycles. The molecule has 0 unspecified atom stereocenters. The topological polar surface area (TPSA) is 89.8 Å². The zero-order valence-corrected chi connectivity index (χ0v) is 23.5. The molecule has 2 amide bonds. The van der Waals surface area contributed by atoms with Gasteiger partial charge in [0, 0.05) is 53.1 Å². The highest BCUT2D eigenvalue weighted by molar-refractivity contribution is 5.90. The lowest BCUT2D eigenvalue weighted by molar-refractivity contribution is -0.130. The van der Waals surface area contributed by atoms with Gasteiger partial charge in [-0.25, -0.2) is 0 Å². The molecule has 208 valence electrons. The Morgan fingerprint density at radius 1 is 0.718 bits per heavy atom. The molecule has 4 rings (SSSR count). The Balaban J connectivity index is 1.35. The lowest BCUT2D eigenvalue weighted by Crippen LogP contribution is -2.49. The maximum absolute atomic E-state index is 13.3. The van der Waals surface area contributed by atoms with Crippen molar-refractivity contribution in [2.75, 3.05) is 6.54 Å². The van der Waals surface area contributed by atoms with E-state index in [4.69, 9.17) is 0 Å². The highest BCUT2D eigenvalue weighted by Crippen LogP contribution is 2.22. The lowest BCUT2D eigenvalue weighted by Gasteiger charge is -2.21. The van der Waals surface area contributed by atoms with Gasteiger partial charge in [-0.05, 0) is 36.1 Å². The van der Waals surface area contributed by atoms with Gasteiger partial charge in [0.1, 0.15) is 6.04 Å². The van der Waals surface area contributed by atoms with Crippen molar-refractivity contribution >= 4 is 33.6 Å². The largest absolute Gasteiger partial charge is 0.361 e. The van der Waals surface area contributed by atoms with E-state index in [0.29, 0.717) is 19.4 Å². The molecule has 0 aliphatic carbocycles. The van der Waals surface area contributed by atoms with Crippen molar-refractivity contribution in [3.8, 4) is 0 Å². The fourth-order valence-corrected chi connectivity index (χ4v) is 5.36. The molecule has 0 fully saturated rings. The van der Waals surface area contributed by atoms with E-state index in [0.717, 1.165) is 45.8 Å². The van der Waals surface area contributed by atoms with Crippen LogP contribution in [0.25, 0.3) is 21.8 Å². The number of carbonyl (C=O) groups is 2. The molecule has 4 aromatic rings. The second kappa shape index (κ2) is 14.6. The van der Waals surface area contributed by atoms with Crippen molar-refractivity contribution in [1.29, 1.82) is 0 Å². The SMILES string of the molecule is CCCCCCCCCCNC(=O)[C@H](Cc1c[nH]c2ccccc12)NC(=O)[C@@H](C)Cc1c[nH]c2ccccc12. The van der Waals surface area contributed by atoms with Crippen molar-refractivity contribution in [2.45, 2.75) is 84.1 Å². The number of hydrogen-bond donors (Lipinski definition) is 4. The number of H-pyrrole nitrogens is 2. The Hall–Kier alpha value is -3.54. The van der Waals surface area contributed by atoms with Crippen LogP contribution in [0.2, 0.25) is 0 Å². The Bertz CT molecular complexity index is 1340. The number of benzene rings is 2. The van der Waals surface area contributed by atoms with E-state index in [2.05, 4.69) is 39.7 Å². The summed E-state index contributed by atoms with van der Waals surface area (Å²) in [4.78, 5) is 33.2. The summed E-state index contributed by atoms with van der Waals surface area (Å²) in [6.45, 7) is 4.80. The number of aromatic nitrogens is 2. The van der Waals surface area contributed by atoms with Crippen molar-refractivity contribution in [1.82, 2.24) is 20.6 Å². The minimum absolute atomic E-state index is 0.104. The quantitative estimate of drug-likeness (QED) is 0.120. The Labute approximate surface area is 232 Å². The first kappa shape index (κ1) is 28.5. The monoisotopic (exact) mass is 528 g/mol. The zero-order chi connectivity index (χ0) is 27.5. The number of hydrogen-bond acceptors (Lipinski definition) is 2. The molecule has 2 aromatic heterocycles. The van der Waals surface area contributed by atoms with Crippen LogP contribution in [-0.4, -0.2) is 34.4 Å². The molecular weight excluding hydrogens is 484 g/mol. The van der Waals surface area contributed by atoms with E-state index in [1.807, 2.05) is 55.7 Å².